The molecule has 0 N–H and O–H groups in total. The van der Waals surface area contributed by atoms with Crippen LogP contribution in [0.5, 0.6) is 11.5 Å². The summed E-state index contributed by atoms with van der Waals surface area (Å²) in [6, 6.07) is 3.32. The van der Waals surface area contributed by atoms with Crippen LogP contribution in [0.1, 0.15) is 85.4 Å². The molecule has 0 spiro atoms. The van der Waals surface area contributed by atoms with Gasteiger partial charge in [0.1, 0.15) is 23.4 Å². The number of ether oxygens (including phenoxy) is 3. The first kappa shape index (κ1) is 16.1. The molecule has 4 atom stereocenters. The van der Waals surface area contributed by atoms with Crippen LogP contribution >= 0.6 is 0 Å². The molecular formula is C25H32O6. The molecule has 1 aromatic carbocycles. The van der Waals surface area contributed by atoms with Gasteiger partial charge in [0.05, 0.1) is 6.10 Å². The van der Waals surface area contributed by atoms with Gasteiger partial charge in [-0.2, -0.15) is 0 Å². The van der Waals surface area contributed by atoms with Gasteiger partial charge in [-0.3, -0.25) is 14.4 Å². The lowest BCUT2D eigenvalue weighted by Crippen LogP contribution is -2.45. The Balaban J connectivity index is 2.03. The van der Waals surface area contributed by atoms with Crippen molar-refractivity contribution in [1.29, 1.82) is 0 Å². The second-order valence-electron chi connectivity index (χ2n) is 8.33. The lowest BCUT2D eigenvalue weighted by atomic mass is 9.68. The van der Waals surface area contributed by atoms with Crippen molar-refractivity contribution >= 4 is 18.2 Å². The summed E-state index contributed by atoms with van der Waals surface area (Å²) in [5, 5.41) is 0. The van der Waals surface area contributed by atoms with Gasteiger partial charge in [-0.1, -0.05) is 6.08 Å². The number of fused-ring (bicyclic) bond motifs is 3. The molecule has 1 heterocycles. The van der Waals surface area contributed by atoms with E-state index in [0.717, 1.165) is 13.2 Å². The van der Waals surface area contributed by atoms with E-state index in [0.29, 0.717) is 42.4 Å². The minimum absolute atomic E-state index is 0.0695. The molecule has 6 nitrogen and oxygen atoms in total. The summed E-state index contributed by atoms with van der Waals surface area (Å²) in [5.41, 5.74) is 0.124. The molecule has 1 aliphatic heterocycles. The summed E-state index contributed by atoms with van der Waals surface area (Å²) >= 11 is 0. The molecule has 0 aromatic heterocycles. The van der Waals surface area contributed by atoms with Crippen molar-refractivity contribution in [2.75, 3.05) is 0 Å². The Hall–Kier alpha value is -2.63. The number of aryl methyl sites for hydroxylation is 1. The van der Waals surface area contributed by atoms with Gasteiger partial charge in [-0.25, -0.2) is 0 Å². The van der Waals surface area contributed by atoms with Gasteiger partial charge >= 0.3 is 11.9 Å². The summed E-state index contributed by atoms with van der Waals surface area (Å²) in [6.45, 7) is -1.02. The molecule has 6 heteroatoms. The number of carbonyl (C=O) groups is 3. The highest BCUT2D eigenvalue weighted by atomic mass is 16.5. The van der Waals surface area contributed by atoms with Crippen LogP contribution in [0.25, 0.3) is 0 Å². The Morgan fingerprint density at radius 1 is 1.35 bits per heavy atom. The van der Waals surface area contributed by atoms with Gasteiger partial charge in [0.25, 0.3) is 0 Å². The smallest absolute Gasteiger partial charge is 0.308 e. The Kier molecular flexibility index (Phi) is 4.79. The number of hydrogen-bond donors (Lipinski definition) is 0. The number of benzene rings is 1. The summed E-state index contributed by atoms with van der Waals surface area (Å²) in [4.78, 5) is 34.9. The quantitative estimate of drug-likeness (QED) is 0.352. The molecule has 1 aromatic rings. The second kappa shape index (κ2) is 9.25. The van der Waals surface area contributed by atoms with Crippen molar-refractivity contribution in [2.24, 2.45) is 5.92 Å². The maximum atomic E-state index is 12.0. The first-order valence-electron chi connectivity index (χ1n) is 13.4. The van der Waals surface area contributed by atoms with E-state index in [1.165, 1.54) is 6.92 Å². The van der Waals surface area contributed by atoms with E-state index in [9.17, 15) is 14.4 Å². The third-order valence-corrected chi connectivity index (χ3v) is 5.74. The minimum atomic E-state index is -2.48. The van der Waals surface area contributed by atoms with Crippen LogP contribution < -0.4 is 9.47 Å². The fourth-order valence-corrected chi connectivity index (χ4v) is 4.44. The fourth-order valence-electron chi connectivity index (χ4n) is 4.44. The van der Waals surface area contributed by atoms with Crippen LogP contribution in [0.15, 0.2) is 23.8 Å². The summed E-state index contributed by atoms with van der Waals surface area (Å²) in [7, 11) is 0. The molecule has 0 saturated heterocycles. The summed E-state index contributed by atoms with van der Waals surface area (Å²) in [6.07, 6.45) is 2.78. The number of hydrogen-bond acceptors (Lipinski definition) is 6. The van der Waals surface area contributed by atoms with Crippen molar-refractivity contribution in [1.82, 2.24) is 0 Å². The van der Waals surface area contributed by atoms with Crippen LogP contribution in [-0.4, -0.2) is 29.9 Å². The third-order valence-electron chi connectivity index (χ3n) is 5.74. The predicted molar refractivity (Wildman–Crippen MR) is 116 cm³/mol. The van der Waals surface area contributed by atoms with E-state index in [4.69, 9.17) is 22.4 Å². The zero-order valence-electron chi connectivity index (χ0n) is 24.0. The molecule has 3 rings (SSSR count). The first-order chi connectivity index (χ1) is 17.1. The zero-order valence-corrected chi connectivity index (χ0v) is 18.0. The van der Waals surface area contributed by atoms with Crippen molar-refractivity contribution in [3.8, 4) is 11.5 Å². The minimum Gasteiger partial charge on any atom is -0.487 e. The first-order valence-corrected chi connectivity index (χ1v) is 10.4. The third kappa shape index (κ3) is 5.35. The molecule has 31 heavy (non-hydrogen) atoms. The van der Waals surface area contributed by atoms with Gasteiger partial charge in [-0.05, 0) is 76.0 Å². The SMILES string of the molecule is [2H]C([2H])([2H])C(CCCc1cc(OC(C)=O)c2c(c1)OC(C)(C([2H])([2H])[2H])C1CCC(C=O)=CC21)OC(C)=O. The molecule has 168 valence electrons. The van der Waals surface area contributed by atoms with E-state index in [2.05, 4.69) is 0 Å². The molecule has 2 aliphatic rings. The normalized spacial score (nSPS) is 28.9. The highest BCUT2D eigenvalue weighted by molar-refractivity contribution is 5.75. The largest absolute Gasteiger partial charge is 0.487 e. The van der Waals surface area contributed by atoms with E-state index in [1.54, 1.807) is 25.1 Å². The van der Waals surface area contributed by atoms with Crippen LogP contribution in [0.4, 0.5) is 0 Å². The van der Waals surface area contributed by atoms with E-state index in [1.807, 2.05) is 0 Å². The predicted octanol–water partition coefficient (Wildman–Crippen LogP) is 4.68. The molecular weight excluding hydrogens is 396 g/mol. The van der Waals surface area contributed by atoms with Crippen molar-refractivity contribution in [2.45, 2.75) is 84.2 Å². The van der Waals surface area contributed by atoms with E-state index < -0.39 is 49.2 Å². The van der Waals surface area contributed by atoms with Gasteiger partial charge in [0.2, 0.25) is 0 Å². The molecule has 0 fully saturated rings. The Morgan fingerprint density at radius 2 is 2.16 bits per heavy atom. The van der Waals surface area contributed by atoms with E-state index in [-0.39, 0.29) is 17.9 Å². The standard InChI is InChI=1S/C25H32O6/c1-15(29-16(2)27)7-6-8-18-12-22(30-17(3)28)24-20-11-19(14-26)9-10-21(20)25(4,5)31-23(24)13-18/h11-15,20-21H,6-10H2,1-5H3/i1D3,4D3. The lowest BCUT2D eigenvalue weighted by Gasteiger charge is -2.46. The molecule has 0 saturated carbocycles. The number of esters is 2. The van der Waals surface area contributed by atoms with Crippen LogP contribution in [0, 0.1) is 5.92 Å². The van der Waals surface area contributed by atoms with Gasteiger partial charge < -0.3 is 14.2 Å². The number of carbonyl (C=O) groups excluding carboxylic acids is 3. The van der Waals surface area contributed by atoms with Gasteiger partial charge in [-0.15, -0.1) is 0 Å². The number of allylic oxidation sites excluding steroid dienone is 2. The summed E-state index contributed by atoms with van der Waals surface area (Å²) < 4.78 is 64.2. The topological polar surface area (TPSA) is 78.9 Å². The molecule has 0 amide bonds. The van der Waals surface area contributed by atoms with Gasteiger partial charge in [0.15, 0.2) is 0 Å². The maximum absolute atomic E-state index is 12.0. The maximum Gasteiger partial charge on any atom is 0.308 e. The Labute approximate surface area is 192 Å². The van der Waals surface area contributed by atoms with Crippen LogP contribution in [0.2, 0.25) is 0 Å². The number of aldehydes is 1. The molecule has 0 bridgehead atoms. The molecule has 1 aliphatic carbocycles. The second-order valence-corrected chi connectivity index (χ2v) is 8.33. The molecule has 4 unspecified atom stereocenters. The number of rotatable bonds is 7. The highest BCUT2D eigenvalue weighted by Crippen LogP contribution is 2.53. The van der Waals surface area contributed by atoms with Gasteiger partial charge in [0, 0.05) is 39.5 Å². The average Bonchev–Trinajstić information content (AvgIpc) is 2.75. The average molecular weight is 435 g/mol. The zero-order chi connectivity index (χ0) is 27.8. The van der Waals surface area contributed by atoms with E-state index >= 15 is 0 Å². The molecule has 0 radical (unpaired) electrons. The Morgan fingerprint density at radius 3 is 2.81 bits per heavy atom. The van der Waals surface area contributed by atoms with Crippen LogP contribution in [0.3, 0.4) is 0 Å². The van der Waals surface area contributed by atoms with Crippen molar-refractivity contribution in [3.05, 3.63) is 34.9 Å². The lowest BCUT2D eigenvalue weighted by molar-refractivity contribution is -0.145. The van der Waals surface area contributed by atoms with Crippen LogP contribution in [-0.2, 0) is 25.5 Å². The Bertz CT molecular complexity index is 1090. The van der Waals surface area contributed by atoms with Crippen molar-refractivity contribution < 1.29 is 36.8 Å². The summed E-state index contributed by atoms with van der Waals surface area (Å²) in [5.74, 6) is -1.82. The fraction of sp³-hybridized carbons (Fsp3) is 0.560. The highest BCUT2D eigenvalue weighted by Gasteiger charge is 2.45. The van der Waals surface area contributed by atoms with Crippen molar-refractivity contribution in [3.63, 3.8) is 0 Å². The monoisotopic (exact) mass is 434 g/mol.